The molecule has 0 aliphatic carbocycles. The molecule has 0 atom stereocenters. The lowest BCUT2D eigenvalue weighted by Gasteiger charge is -2.16. The van der Waals surface area contributed by atoms with Crippen molar-refractivity contribution in [2.24, 2.45) is 0 Å². The zero-order chi connectivity index (χ0) is 19.1. The van der Waals surface area contributed by atoms with Crippen LogP contribution in [0.15, 0.2) is 36.4 Å². The van der Waals surface area contributed by atoms with Crippen molar-refractivity contribution in [1.82, 2.24) is 0 Å². The Hall–Kier alpha value is -2.09. The number of rotatable bonds is 3. The fourth-order valence-electron chi connectivity index (χ4n) is 2.62. The second-order valence-electron chi connectivity index (χ2n) is 5.75. The molecule has 26 heavy (non-hydrogen) atoms. The standard InChI is InChI=1S/C17H14Cl2N2O4S/c1-10-13(18)3-2-4-15(10)20-17(23)12-6-5-11(9-14(12)19)21-16(22)7-8-26(21,24)25/h2-6,9H,7-8H2,1H3,(H,20,23). The molecule has 2 aromatic rings. The highest BCUT2D eigenvalue weighted by atomic mass is 35.5. The quantitative estimate of drug-likeness (QED) is 0.833. The number of sulfonamides is 1. The van der Waals surface area contributed by atoms with Crippen LogP contribution in [0.4, 0.5) is 11.4 Å². The molecule has 1 heterocycles. The number of anilines is 2. The first-order valence-electron chi connectivity index (χ1n) is 7.62. The van der Waals surface area contributed by atoms with Crippen LogP contribution in [0.3, 0.4) is 0 Å². The smallest absolute Gasteiger partial charge is 0.257 e. The summed E-state index contributed by atoms with van der Waals surface area (Å²) in [6.45, 7) is 1.77. The average Bonchev–Trinajstić information content (AvgIpc) is 2.84. The number of hydrogen-bond donors (Lipinski definition) is 1. The van der Waals surface area contributed by atoms with E-state index in [1.54, 1.807) is 25.1 Å². The van der Waals surface area contributed by atoms with Crippen LogP contribution in [0.5, 0.6) is 0 Å². The number of halogens is 2. The highest BCUT2D eigenvalue weighted by Gasteiger charge is 2.36. The fourth-order valence-corrected chi connectivity index (χ4v) is 4.50. The van der Waals surface area contributed by atoms with Gasteiger partial charge in [0.05, 0.1) is 22.0 Å². The Kier molecular flexibility index (Phi) is 4.96. The number of amides is 2. The summed E-state index contributed by atoms with van der Waals surface area (Å²) >= 11 is 12.2. The van der Waals surface area contributed by atoms with E-state index in [0.717, 1.165) is 4.31 Å². The van der Waals surface area contributed by atoms with Crippen LogP contribution in [0.1, 0.15) is 22.3 Å². The summed E-state index contributed by atoms with van der Waals surface area (Å²) in [6, 6.07) is 9.18. The lowest BCUT2D eigenvalue weighted by atomic mass is 10.1. The Morgan fingerprint density at radius 2 is 1.88 bits per heavy atom. The van der Waals surface area contributed by atoms with Gasteiger partial charge in [-0.3, -0.25) is 9.59 Å². The molecule has 1 aliphatic rings. The minimum atomic E-state index is -3.69. The first-order chi connectivity index (χ1) is 12.2. The van der Waals surface area contributed by atoms with Gasteiger partial charge in [-0.25, -0.2) is 12.7 Å². The van der Waals surface area contributed by atoms with E-state index in [2.05, 4.69) is 5.32 Å². The number of carbonyl (C=O) groups is 2. The predicted molar refractivity (Wildman–Crippen MR) is 101 cm³/mol. The molecule has 0 radical (unpaired) electrons. The monoisotopic (exact) mass is 412 g/mol. The molecular weight excluding hydrogens is 399 g/mol. The largest absolute Gasteiger partial charge is 0.322 e. The molecule has 1 fully saturated rings. The maximum atomic E-state index is 12.5. The van der Waals surface area contributed by atoms with Gasteiger partial charge >= 0.3 is 0 Å². The molecule has 9 heteroatoms. The highest BCUT2D eigenvalue weighted by molar-refractivity contribution is 7.94. The third kappa shape index (κ3) is 3.42. The highest BCUT2D eigenvalue weighted by Crippen LogP contribution is 2.30. The third-order valence-corrected chi connectivity index (χ3v) is 6.44. The molecule has 1 N–H and O–H groups in total. The van der Waals surface area contributed by atoms with Gasteiger partial charge in [-0.15, -0.1) is 0 Å². The molecule has 1 aliphatic heterocycles. The Labute approximate surface area is 160 Å². The van der Waals surface area contributed by atoms with Gasteiger partial charge in [-0.05, 0) is 42.8 Å². The van der Waals surface area contributed by atoms with E-state index < -0.39 is 21.8 Å². The van der Waals surface area contributed by atoms with Crippen molar-refractivity contribution in [3.8, 4) is 0 Å². The van der Waals surface area contributed by atoms with Crippen molar-refractivity contribution in [2.75, 3.05) is 15.4 Å². The van der Waals surface area contributed by atoms with Gasteiger partial charge in [0, 0.05) is 17.1 Å². The van der Waals surface area contributed by atoms with Gasteiger partial charge < -0.3 is 5.32 Å². The van der Waals surface area contributed by atoms with Crippen molar-refractivity contribution >= 4 is 56.4 Å². The van der Waals surface area contributed by atoms with Crippen LogP contribution in [0, 0.1) is 6.92 Å². The summed E-state index contributed by atoms with van der Waals surface area (Å²) in [6.07, 6.45) is -0.0732. The Morgan fingerprint density at radius 1 is 1.15 bits per heavy atom. The van der Waals surface area contributed by atoms with E-state index >= 15 is 0 Å². The first-order valence-corrected chi connectivity index (χ1v) is 9.99. The van der Waals surface area contributed by atoms with E-state index in [0.29, 0.717) is 16.3 Å². The van der Waals surface area contributed by atoms with E-state index in [9.17, 15) is 18.0 Å². The molecule has 0 bridgehead atoms. The van der Waals surface area contributed by atoms with Crippen LogP contribution in [-0.4, -0.2) is 26.0 Å². The zero-order valence-electron chi connectivity index (χ0n) is 13.6. The fraction of sp³-hybridized carbons (Fsp3) is 0.176. The predicted octanol–water partition coefficient (Wildman–Crippen LogP) is 3.62. The molecule has 3 rings (SSSR count). The number of nitrogens with zero attached hydrogens (tertiary/aromatic N) is 1. The molecule has 6 nitrogen and oxygen atoms in total. The maximum Gasteiger partial charge on any atom is 0.257 e. The van der Waals surface area contributed by atoms with Gasteiger partial charge in [-0.1, -0.05) is 29.3 Å². The summed E-state index contributed by atoms with van der Waals surface area (Å²) in [5.74, 6) is -1.23. The van der Waals surface area contributed by atoms with Crippen molar-refractivity contribution in [2.45, 2.75) is 13.3 Å². The second kappa shape index (κ2) is 6.90. The lowest BCUT2D eigenvalue weighted by molar-refractivity contribution is -0.116. The van der Waals surface area contributed by atoms with E-state index in [4.69, 9.17) is 23.2 Å². The van der Waals surface area contributed by atoms with Gasteiger partial charge in [0.25, 0.3) is 5.91 Å². The van der Waals surface area contributed by atoms with E-state index in [1.165, 1.54) is 18.2 Å². The average molecular weight is 413 g/mol. The molecular formula is C17H14Cl2N2O4S. The molecule has 2 aromatic carbocycles. The molecule has 1 saturated heterocycles. The van der Waals surface area contributed by atoms with Gasteiger partial charge in [0.1, 0.15) is 0 Å². The summed E-state index contributed by atoms with van der Waals surface area (Å²) in [5.41, 5.74) is 1.52. The van der Waals surface area contributed by atoms with Crippen LogP contribution in [0.2, 0.25) is 10.0 Å². The van der Waals surface area contributed by atoms with Crippen molar-refractivity contribution in [3.63, 3.8) is 0 Å². The number of carbonyl (C=O) groups excluding carboxylic acids is 2. The number of nitrogens with one attached hydrogen (secondary N) is 1. The van der Waals surface area contributed by atoms with Crippen molar-refractivity contribution in [1.29, 1.82) is 0 Å². The zero-order valence-corrected chi connectivity index (χ0v) is 16.0. The van der Waals surface area contributed by atoms with Crippen LogP contribution in [-0.2, 0) is 14.8 Å². The minimum absolute atomic E-state index is 0.0366. The van der Waals surface area contributed by atoms with Gasteiger partial charge in [0.2, 0.25) is 15.9 Å². The number of hydrogen-bond acceptors (Lipinski definition) is 4. The van der Waals surface area contributed by atoms with Crippen LogP contribution < -0.4 is 9.62 Å². The molecule has 0 aromatic heterocycles. The molecule has 0 unspecified atom stereocenters. The normalized spacial score (nSPS) is 16.0. The third-order valence-electron chi connectivity index (χ3n) is 4.03. The van der Waals surface area contributed by atoms with Crippen molar-refractivity contribution < 1.29 is 18.0 Å². The topological polar surface area (TPSA) is 83.6 Å². The maximum absolute atomic E-state index is 12.5. The Balaban J connectivity index is 1.89. The SMILES string of the molecule is Cc1c(Cl)cccc1NC(=O)c1ccc(N2C(=O)CCS2(=O)=O)cc1Cl. The molecule has 136 valence electrons. The Morgan fingerprint density at radius 3 is 2.50 bits per heavy atom. The number of benzene rings is 2. The van der Waals surface area contributed by atoms with Gasteiger partial charge in [-0.2, -0.15) is 0 Å². The lowest BCUT2D eigenvalue weighted by Crippen LogP contribution is -2.29. The molecule has 2 amide bonds. The van der Waals surface area contributed by atoms with Crippen LogP contribution >= 0.6 is 23.2 Å². The summed E-state index contributed by atoms with van der Waals surface area (Å²) in [5, 5.41) is 3.27. The van der Waals surface area contributed by atoms with Crippen molar-refractivity contribution in [3.05, 3.63) is 57.6 Å². The first kappa shape index (κ1) is 18.7. The summed E-state index contributed by atoms with van der Waals surface area (Å²) in [4.78, 5) is 24.3. The summed E-state index contributed by atoms with van der Waals surface area (Å²) in [7, 11) is -3.69. The second-order valence-corrected chi connectivity index (χ2v) is 8.51. The summed E-state index contributed by atoms with van der Waals surface area (Å²) < 4.78 is 24.7. The van der Waals surface area contributed by atoms with Gasteiger partial charge in [0.15, 0.2) is 0 Å². The van der Waals surface area contributed by atoms with E-state index in [-0.39, 0.29) is 28.4 Å². The van der Waals surface area contributed by atoms with E-state index in [1.807, 2.05) is 0 Å². The minimum Gasteiger partial charge on any atom is -0.322 e. The molecule has 0 saturated carbocycles. The Bertz CT molecular complexity index is 1020. The molecule has 0 spiro atoms. The van der Waals surface area contributed by atoms with Crippen LogP contribution in [0.25, 0.3) is 0 Å².